The van der Waals surface area contributed by atoms with Crippen molar-refractivity contribution in [2.75, 3.05) is 26.4 Å². The average Bonchev–Trinajstić information content (AvgIpc) is 2.86. The number of allylic oxidation sites excluding steroid dienone is 1. The molecule has 0 saturated heterocycles. The van der Waals surface area contributed by atoms with Gasteiger partial charge in [-0.05, 0) is 50.3 Å². The van der Waals surface area contributed by atoms with Crippen molar-refractivity contribution >= 4 is 17.6 Å². The second-order valence-corrected chi connectivity index (χ2v) is 8.38. The number of esters is 1. The first-order chi connectivity index (χ1) is 17.0. The van der Waals surface area contributed by atoms with Crippen molar-refractivity contribution in [3.8, 4) is 28.7 Å². The van der Waals surface area contributed by atoms with E-state index < -0.39 is 5.97 Å². The molecule has 35 heavy (non-hydrogen) atoms. The van der Waals surface area contributed by atoms with Crippen LogP contribution in [0.2, 0.25) is 5.02 Å². The molecule has 0 amide bonds. The molecule has 0 atom stereocenters. The third kappa shape index (κ3) is 8.39. The van der Waals surface area contributed by atoms with Crippen molar-refractivity contribution in [3.63, 3.8) is 0 Å². The average molecular weight is 505 g/mol. The predicted molar refractivity (Wildman–Crippen MR) is 140 cm³/mol. The Balaban J connectivity index is 2.56. The fraction of sp³-hybridized carbons (Fsp3) is 0.464. The number of ether oxygens (including phenoxy) is 5. The Hall–Kier alpha value is -2.86. The fourth-order valence-corrected chi connectivity index (χ4v) is 3.33. The quantitative estimate of drug-likeness (QED) is 0.172. The van der Waals surface area contributed by atoms with Crippen molar-refractivity contribution in [2.24, 2.45) is 0 Å². The van der Waals surface area contributed by atoms with Crippen LogP contribution in [0.5, 0.6) is 28.7 Å². The lowest BCUT2D eigenvalue weighted by Gasteiger charge is -2.19. The van der Waals surface area contributed by atoms with Gasteiger partial charge in [0.15, 0.2) is 11.5 Å². The summed E-state index contributed by atoms with van der Waals surface area (Å²) in [5, 5.41) is 0.387. The number of hydrogen-bond acceptors (Lipinski definition) is 6. The summed E-state index contributed by atoms with van der Waals surface area (Å²) < 4.78 is 29.4. The maximum Gasteiger partial charge on any atom is 0.338 e. The topological polar surface area (TPSA) is 63.2 Å². The van der Waals surface area contributed by atoms with Crippen LogP contribution < -0.4 is 18.9 Å². The zero-order chi connectivity index (χ0) is 25.6. The molecule has 0 unspecified atom stereocenters. The van der Waals surface area contributed by atoms with Crippen LogP contribution in [-0.4, -0.2) is 32.4 Å². The molecule has 7 heteroatoms. The predicted octanol–water partition coefficient (Wildman–Crippen LogP) is 7.79. The first-order valence-electron chi connectivity index (χ1n) is 12.3. The van der Waals surface area contributed by atoms with Crippen LogP contribution in [0.4, 0.5) is 0 Å². The van der Waals surface area contributed by atoms with E-state index in [0.29, 0.717) is 72.2 Å². The molecular formula is C28H37ClO6. The van der Waals surface area contributed by atoms with Gasteiger partial charge in [0, 0.05) is 11.6 Å². The van der Waals surface area contributed by atoms with E-state index in [4.69, 9.17) is 35.3 Å². The molecule has 0 aliphatic rings. The summed E-state index contributed by atoms with van der Waals surface area (Å²) >= 11 is 6.60. The Bertz CT molecular complexity index is 943. The van der Waals surface area contributed by atoms with Crippen LogP contribution in [0.3, 0.4) is 0 Å². The monoisotopic (exact) mass is 504 g/mol. The smallest absolute Gasteiger partial charge is 0.338 e. The van der Waals surface area contributed by atoms with Gasteiger partial charge in [0.1, 0.15) is 11.5 Å². The van der Waals surface area contributed by atoms with Gasteiger partial charge in [0.25, 0.3) is 0 Å². The van der Waals surface area contributed by atoms with Crippen LogP contribution in [0, 0.1) is 0 Å². The summed E-state index contributed by atoms with van der Waals surface area (Å²) in [6, 6.07) is 6.84. The van der Waals surface area contributed by atoms with E-state index >= 15 is 0 Å². The van der Waals surface area contributed by atoms with E-state index in [9.17, 15) is 4.79 Å². The Kier molecular flexibility index (Phi) is 12.3. The minimum absolute atomic E-state index is 0.335. The highest BCUT2D eigenvalue weighted by atomic mass is 35.5. The zero-order valence-electron chi connectivity index (χ0n) is 21.3. The summed E-state index contributed by atoms with van der Waals surface area (Å²) in [5.74, 6) is 1.81. The standard InChI is InChI=1S/C28H37ClO6/c1-6-11-20-16-24(22(29)19-23(20)31-12-7-2)35-27-25(32-13-8-3)17-21(28(30)34-15-10-5)18-26(27)33-14-9-4/h6,16-19H,1,7-15H2,2-5H3. The normalized spacial score (nSPS) is 10.5. The number of hydrogen-bond donors (Lipinski definition) is 0. The number of rotatable bonds is 16. The zero-order valence-corrected chi connectivity index (χ0v) is 22.0. The first-order valence-corrected chi connectivity index (χ1v) is 12.7. The molecule has 0 saturated carbocycles. The van der Waals surface area contributed by atoms with Gasteiger partial charge in [-0.1, -0.05) is 45.4 Å². The highest BCUT2D eigenvalue weighted by Gasteiger charge is 2.22. The molecule has 0 radical (unpaired) electrons. The molecule has 6 nitrogen and oxygen atoms in total. The summed E-state index contributed by atoms with van der Waals surface area (Å²) in [6.45, 7) is 13.6. The van der Waals surface area contributed by atoms with E-state index in [-0.39, 0.29) is 0 Å². The maximum absolute atomic E-state index is 12.6. The molecule has 0 heterocycles. The Morgan fingerprint density at radius 2 is 1.34 bits per heavy atom. The summed E-state index contributed by atoms with van der Waals surface area (Å²) in [6.07, 6.45) is 5.56. The van der Waals surface area contributed by atoms with Gasteiger partial charge in [-0.3, -0.25) is 0 Å². The molecular weight excluding hydrogens is 468 g/mol. The highest BCUT2D eigenvalue weighted by Crippen LogP contribution is 2.45. The Morgan fingerprint density at radius 1 is 0.800 bits per heavy atom. The van der Waals surface area contributed by atoms with Gasteiger partial charge >= 0.3 is 5.97 Å². The number of halogens is 1. The van der Waals surface area contributed by atoms with Crippen molar-refractivity contribution < 1.29 is 28.5 Å². The molecule has 0 bridgehead atoms. The van der Waals surface area contributed by atoms with Crippen LogP contribution in [0.25, 0.3) is 0 Å². The third-order valence-corrected chi connectivity index (χ3v) is 5.07. The van der Waals surface area contributed by atoms with Crippen molar-refractivity contribution in [1.82, 2.24) is 0 Å². The second kappa shape index (κ2) is 15.2. The van der Waals surface area contributed by atoms with E-state index in [1.807, 2.05) is 33.8 Å². The number of carbonyl (C=O) groups is 1. The van der Waals surface area contributed by atoms with Gasteiger partial charge in [0.05, 0.1) is 37.0 Å². The van der Waals surface area contributed by atoms with Gasteiger partial charge in [-0.25, -0.2) is 4.79 Å². The highest BCUT2D eigenvalue weighted by molar-refractivity contribution is 6.32. The molecule has 0 aliphatic carbocycles. The van der Waals surface area contributed by atoms with Crippen molar-refractivity contribution in [1.29, 1.82) is 0 Å². The van der Waals surface area contributed by atoms with Gasteiger partial charge in [-0.2, -0.15) is 0 Å². The van der Waals surface area contributed by atoms with Crippen LogP contribution >= 0.6 is 11.6 Å². The second-order valence-electron chi connectivity index (χ2n) is 7.97. The lowest BCUT2D eigenvalue weighted by Crippen LogP contribution is -2.09. The molecule has 2 aromatic carbocycles. The van der Waals surface area contributed by atoms with Crippen LogP contribution in [0.15, 0.2) is 36.9 Å². The minimum atomic E-state index is -0.440. The molecule has 2 rings (SSSR count). The maximum atomic E-state index is 12.6. The van der Waals surface area contributed by atoms with Gasteiger partial charge in [0.2, 0.25) is 5.75 Å². The number of benzene rings is 2. The van der Waals surface area contributed by atoms with Gasteiger partial charge < -0.3 is 23.7 Å². The lowest BCUT2D eigenvalue weighted by atomic mass is 10.1. The summed E-state index contributed by atoms with van der Waals surface area (Å²) in [7, 11) is 0. The Morgan fingerprint density at radius 3 is 1.86 bits per heavy atom. The molecule has 0 N–H and O–H groups in total. The summed E-state index contributed by atoms with van der Waals surface area (Å²) in [5.41, 5.74) is 1.24. The largest absolute Gasteiger partial charge is 0.493 e. The third-order valence-electron chi connectivity index (χ3n) is 4.77. The molecule has 0 spiro atoms. The lowest BCUT2D eigenvalue weighted by molar-refractivity contribution is 0.0504. The molecule has 192 valence electrons. The van der Waals surface area contributed by atoms with E-state index in [0.717, 1.165) is 31.2 Å². The number of carbonyl (C=O) groups excluding carboxylic acids is 1. The van der Waals surface area contributed by atoms with Crippen LogP contribution in [-0.2, 0) is 11.2 Å². The first kappa shape index (κ1) is 28.4. The molecule has 0 aliphatic heterocycles. The fourth-order valence-electron chi connectivity index (χ4n) is 3.14. The van der Waals surface area contributed by atoms with Gasteiger partial charge in [-0.15, -0.1) is 6.58 Å². The van der Waals surface area contributed by atoms with E-state index in [2.05, 4.69) is 6.58 Å². The molecule has 0 aromatic heterocycles. The Labute approximate surface area is 214 Å². The molecule has 2 aromatic rings. The summed E-state index contributed by atoms with van der Waals surface area (Å²) in [4.78, 5) is 12.6. The van der Waals surface area contributed by atoms with Crippen LogP contribution in [0.1, 0.15) is 69.3 Å². The van der Waals surface area contributed by atoms with Crippen molar-refractivity contribution in [3.05, 3.63) is 53.1 Å². The van der Waals surface area contributed by atoms with Crippen molar-refractivity contribution in [2.45, 2.75) is 59.8 Å². The van der Waals surface area contributed by atoms with E-state index in [1.165, 1.54) is 0 Å². The minimum Gasteiger partial charge on any atom is -0.493 e. The molecule has 0 fully saturated rings. The SMILES string of the molecule is C=CCc1cc(Oc2c(OCCC)cc(C(=O)OCCC)cc2OCCC)c(Cl)cc1OCCC. The van der Waals surface area contributed by atoms with E-state index in [1.54, 1.807) is 24.3 Å².